The zero-order valence-electron chi connectivity index (χ0n) is 50.7. The average molecular weight is 1060 g/mol. The molecule has 6 heteroatoms. The maximum atomic E-state index is 13.2. The van der Waals surface area contributed by atoms with Crippen molar-refractivity contribution in [3.63, 3.8) is 0 Å². The summed E-state index contributed by atoms with van der Waals surface area (Å²) in [6, 6.07) is 13.2. The van der Waals surface area contributed by atoms with Gasteiger partial charge in [-0.05, 0) is 48.9 Å². The lowest BCUT2D eigenvalue weighted by Gasteiger charge is -2.19. The van der Waals surface area contributed by atoms with Gasteiger partial charge >= 0.3 is 5.97 Å². The lowest BCUT2D eigenvalue weighted by atomic mass is 10.0. The minimum absolute atomic E-state index is 0.103. The van der Waals surface area contributed by atoms with E-state index < -0.39 is 12.0 Å². The molecule has 0 fully saturated rings. The van der Waals surface area contributed by atoms with Gasteiger partial charge in [0.15, 0.2) is 11.5 Å². The summed E-state index contributed by atoms with van der Waals surface area (Å²) in [7, 11) is 0. The van der Waals surface area contributed by atoms with E-state index in [-0.39, 0.29) is 6.61 Å². The molecule has 0 radical (unpaired) electrons. The molecule has 76 heavy (non-hydrogen) atoms. The van der Waals surface area contributed by atoms with Crippen molar-refractivity contribution in [3.05, 3.63) is 53.6 Å². The lowest BCUT2D eigenvalue weighted by molar-refractivity contribution is -0.146. The van der Waals surface area contributed by atoms with Crippen LogP contribution in [0.3, 0.4) is 0 Å². The Hall–Kier alpha value is -2.73. The highest BCUT2D eigenvalue weighted by Gasteiger charge is 2.20. The fourth-order valence-corrected chi connectivity index (χ4v) is 10.8. The molecule has 0 amide bonds. The molecule has 0 spiro atoms. The monoisotopic (exact) mass is 1060 g/mol. The smallest absolute Gasteiger partial charge is 0.323 e. The summed E-state index contributed by atoms with van der Waals surface area (Å²) in [6.45, 7) is 8.87. The topological polar surface area (TPSA) is 80.0 Å². The van der Waals surface area contributed by atoms with Crippen molar-refractivity contribution in [2.45, 2.75) is 348 Å². The van der Waals surface area contributed by atoms with Crippen LogP contribution in [0.4, 0.5) is 0 Å². The van der Waals surface area contributed by atoms with E-state index in [1.807, 2.05) is 42.5 Å². The number of esters is 1. The Balaban J connectivity index is 1.93. The van der Waals surface area contributed by atoms with Crippen molar-refractivity contribution in [2.75, 3.05) is 19.8 Å². The Bertz CT molecular complexity index is 1460. The molecule has 0 saturated heterocycles. The van der Waals surface area contributed by atoms with Gasteiger partial charge < -0.3 is 24.7 Å². The zero-order valence-corrected chi connectivity index (χ0v) is 50.7. The van der Waals surface area contributed by atoms with E-state index in [0.717, 1.165) is 43.2 Å². The molecule has 0 aliphatic rings. The van der Waals surface area contributed by atoms with Gasteiger partial charge in [0.25, 0.3) is 0 Å². The first-order valence-electron chi connectivity index (χ1n) is 33.6. The predicted octanol–water partition coefficient (Wildman–Crippen LogP) is 22.2. The number of ether oxygens (including phenoxy) is 4. The van der Waals surface area contributed by atoms with Gasteiger partial charge in [0.1, 0.15) is 12.6 Å². The number of carbonyl (C=O) groups is 1. The van der Waals surface area contributed by atoms with Crippen molar-refractivity contribution < 1.29 is 23.7 Å². The van der Waals surface area contributed by atoms with Gasteiger partial charge in [0, 0.05) is 0 Å². The van der Waals surface area contributed by atoms with Crippen LogP contribution in [-0.4, -0.2) is 31.8 Å². The van der Waals surface area contributed by atoms with Crippen LogP contribution in [0.2, 0.25) is 0 Å². The molecule has 2 rings (SSSR count). The SMILES string of the molecule is CCCCCCCCCCCCCCCCCCOc1cc(COC(=O)C(N)Cc2ccccc2)cc(OCCCCCCCCCCCCCCCCCC)c1OCCCCCCCCCCCCCCCCCC. The normalized spacial score (nSPS) is 11.8. The average Bonchev–Trinajstić information content (AvgIpc) is 3.43. The van der Waals surface area contributed by atoms with Crippen LogP contribution in [0.25, 0.3) is 0 Å². The first-order valence-corrected chi connectivity index (χ1v) is 33.6. The Kier molecular flexibility index (Phi) is 49.5. The van der Waals surface area contributed by atoms with E-state index in [2.05, 4.69) is 20.8 Å². The quantitative estimate of drug-likeness (QED) is 0.0525. The Labute approximate surface area is 472 Å². The van der Waals surface area contributed by atoms with Crippen LogP contribution in [0, 0.1) is 0 Å². The molecule has 440 valence electrons. The fourth-order valence-electron chi connectivity index (χ4n) is 10.8. The third-order valence-electron chi connectivity index (χ3n) is 15.8. The first kappa shape index (κ1) is 69.4. The van der Waals surface area contributed by atoms with Crippen LogP contribution < -0.4 is 19.9 Å². The van der Waals surface area contributed by atoms with Crippen LogP contribution in [0.15, 0.2) is 42.5 Å². The van der Waals surface area contributed by atoms with E-state index in [1.165, 1.54) is 276 Å². The molecular weight excluding hydrogens is 935 g/mol. The minimum atomic E-state index is -0.735. The van der Waals surface area contributed by atoms with E-state index >= 15 is 0 Å². The molecule has 1 unspecified atom stereocenters. The van der Waals surface area contributed by atoms with E-state index in [1.54, 1.807) is 0 Å². The molecule has 0 aliphatic carbocycles. The van der Waals surface area contributed by atoms with Gasteiger partial charge in [-0.15, -0.1) is 0 Å². The van der Waals surface area contributed by atoms with Gasteiger partial charge in [-0.25, -0.2) is 0 Å². The van der Waals surface area contributed by atoms with Gasteiger partial charge in [-0.3, -0.25) is 4.79 Å². The summed E-state index contributed by atoms with van der Waals surface area (Å²) < 4.78 is 25.8. The van der Waals surface area contributed by atoms with Gasteiger partial charge in [-0.1, -0.05) is 340 Å². The zero-order chi connectivity index (χ0) is 54.3. The highest BCUT2D eigenvalue weighted by Crippen LogP contribution is 2.40. The molecule has 1 atom stereocenters. The van der Waals surface area contributed by atoms with Crippen molar-refractivity contribution in [2.24, 2.45) is 5.73 Å². The highest BCUT2D eigenvalue weighted by atomic mass is 16.5. The largest absolute Gasteiger partial charge is 0.490 e. The van der Waals surface area contributed by atoms with Crippen LogP contribution in [0.5, 0.6) is 17.2 Å². The first-order chi connectivity index (χ1) is 37.6. The number of benzene rings is 2. The van der Waals surface area contributed by atoms with Gasteiger partial charge in [0.05, 0.1) is 19.8 Å². The Morgan fingerprint density at radius 3 is 0.908 bits per heavy atom. The molecule has 0 aliphatic heterocycles. The van der Waals surface area contributed by atoms with Crippen LogP contribution >= 0.6 is 0 Å². The molecule has 0 saturated carbocycles. The third-order valence-corrected chi connectivity index (χ3v) is 15.8. The molecule has 2 N–H and O–H groups in total. The van der Waals surface area contributed by atoms with Crippen LogP contribution in [0.1, 0.15) is 340 Å². The Morgan fingerprint density at radius 2 is 0.618 bits per heavy atom. The van der Waals surface area contributed by atoms with Crippen LogP contribution in [-0.2, 0) is 22.6 Å². The number of hydrogen-bond acceptors (Lipinski definition) is 6. The number of rotatable bonds is 59. The molecule has 2 aromatic rings. The van der Waals surface area contributed by atoms with Crippen molar-refractivity contribution in [1.29, 1.82) is 0 Å². The number of unbranched alkanes of at least 4 members (excludes halogenated alkanes) is 45. The molecule has 0 heterocycles. The molecule has 0 aromatic heterocycles. The van der Waals surface area contributed by atoms with E-state index in [9.17, 15) is 4.79 Å². The lowest BCUT2D eigenvalue weighted by Crippen LogP contribution is -2.34. The van der Waals surface area contributed by atoms with Gasteiger partial charge in [0.2, 0.25) is 5.75 Å². The van der Waals surface area contributed by atoms with E-state index in [0.29, 0.717) is 43.5 Å². The predicted molar refractivity (Wildman–Crippen MR) is 329 cm³/mol. The molecule has 6 nitrogen and oxygen atoms in total. The summed E-state index contributed by atoms with van der Waals surface area (Å²) in [5, 5.41) is 0. The number of carbonyl (C=O) groups excluding carboxylic acids is 1. The molecule has 0 bridgehead atoms. The summed E-state index contributed by atoms with van der Waals surface area (Å²) in [5.74, 6) is 1.69. The van der Waals surface area contributed by atoms with Crippen molar-refractivity contribution in [1.82, 2.24) is 0 Å². The van der Waals surface area contributed by atoms with Gasteiger partial charge in [-0.2, -0.15) is 0 Å². The second-order valence-corrected chi connectivity index (χ2v) is 23.3. The number of nitrogens with two attached hydrogens (primary N) is 1. The molecule has 2 aromatic carbocycles. The maximum Gasteiger partial charge on any atom is 0.323 e. The Morgan fingerprint density at radius 1 is 0.355 bits per heavy atom. The highest BCUT2D eigenvalue weighted by molar-refractivity contribution is 5.76. The minimum Gasteiger partial charge on any atom is -0.490 e. The number of hydrogen-bond donors (Lipinski definition) is 1. The standard InChI is InChI=1S/C70H125NO5/c1-4-7-10-13-16-19-22-25-28-31-34-37-40-43-46-52-57-73-67-61-65(63-76-70(72)66(71)60-64-55-50-49-51-56-64)62-68(74-58-53-47-44-41-38-35-32-29-26-23-20-17-14-11-8-5-2)69(67)75-59-54-48-45-42-39-36-33-30-27-24-21-18-15-12-9-6-3/h49-51,55-56,61-62,66H,4-48,52-54,57-60,63,71H2,1-3H3. The second-order valence-electron chi connectivity index (χ2n) is 23.3. The maximum absolute atomic E-state index is 13.2. The second kappa shape index (κ2) is 54.2. The van der Waals surface area contributed by atoms with Crippen molar-refractivity contribution >= 4 is 5.97 Å². The molecular formula is C70H125NO5. The summed E-state index contributed by atoms with van der Waals surface area (Å²) in [4.78, 5) is 13.2. The van der Waals surface area contributed by atoms with Crippen molar-refractivity contribution in [3.8, 4) is 17.2 Å². The van der Waals surface area contributed by atoms with E-state index in [4.69, 9.17) is 24.7 Å². The fraction of sp³-hybridized carbons (Fsp3) is 0.814. The summed E-state index contributed by atoms with van der Waals surface area (Å²) in [5.41, 5.74) is 8.22. The third kappa shape index (κ3) is 42.2. The summed E-state index contributed by atoms with van der Waals surface area (Å²) in [6.07, 6.45) is 64.9. The summed E-state index contributed by atoms with van der Waals surface area (Å²) >= 11 is 0.